The van der Waals surface area contributed by atoms with Gasteiger partial charge in [-0.05, 0) is 27.1 Å². The van der Waals surface area contributed by atoms with Crippen molar-refractivity contribution in [3.05, 3.63) is 17.5 Å². The van der Waals surface area contributed by atoms with Gasteiger partial charge in [0, 0.05) is 24.3 Å². The van der Waals surface area contributed by atoms with Crippen LogP contribution < -0.4 is 5.32 Å². The number of nitrogens with zero attached hydrogens (tertiary/aromatic N) is 3. The second kappa shape index (κ2) is 6.66. The smallest absolute Gasteiger partial charge is 0.0539 e. The fraction of sp³-hybridized carbons (Fsp3) is 0.750. The highest BCUT2D eigenvalue weighted by atomic mass is 15.3. The van der Waals surface area contributed by atoms with Gasteiger partial charge in [-0.25, -0.2) is 0 Å². The third-order valence-electron chi connectivity index (χ3n) is 2.69. The minimum atomic E-state index is 0.932. The van der Waals surface area contributed by atoms with Crippen molar-refractivity contribution < 1.29 is 0 Å². The summed E-state index contributed by atoms with van der Waals surface area (Å²) in [7, 11) is 4.18. The van der Waals surface area contributed by atoms with Crippen LogP contribution in [0.3, 0.4) is 0 Å². The second-order valence-electron chi connectivity index (χ2n) is 4.28. The monoisotopic (exact) mass is 224 g/mol. The molecule has 0 fully saturated rings. The summed E-state index contributed by atoms with van der Waals surface area (Å²) in [5, 5.41) is 7.82. The van der Waals surface area contributed by atoms with Crippen LogP contribution >= 0.6 is 0 Å². The highest BCUT2D eigenvalue weighted by Crippen LogP contribution is 2.09. The van der Waals surface area contributed by atoms with Crippen LogP contribution in [0.4, 0.5) is 0 Å². The van der Waals surface area contributed by atoms with Crippen molar-refractivity contribution in [3.63, 3.8) is 0 Å². The summed E-state index contributed by atoms with van der Waals surface area (Å²) in [5.74, 6) is 0. The molecule has 4 heteroatoms. The van der Waals surface area contributed by atoms with Crippen LogP contribution in [0.1, 0.15) is 25.1 Å². The van der Waals surface area contributed by atoms with Gasteiger partial charge in [-0.1, -0.05) is 13.8 Å². The highest BCUT2D eigenvalue weighted by Gasteiger charge is 2.08. The molecule has 0 radical (unpaired) electrons. The molecular weight excluding hydrogens is 200 g/mol. The Kier molecular flexibility index (Phi) is 5.49. The van der Waals surface area contributed by atoms with Gasteiger partial charge >= 0.3 is 0 Å². The third-order valence-corrected chi connectivity index (χ3v) is 2.69. The van der Waals surface area contributed by atoms with Crippen molar-refractivity contribution in [1.29, 1.82) is 0 Å². The Morgan fingerprint density at radius 3 is 2.69 bits per heavy atom. The Balaban J connectivity index is 2.66. The largest absolute Gasteiger partial charge is 0.313 e. The maximum absolute atomic E-state index is 4.46. The molecule has 0 bridgehead atoms. The molecule has 0 unspecified atom stereocenters. The van der Waals surface area contributed by atoms with Crippen LogP contribution in [0, 0.1) is 0 Å². The lowest BCUT2D eigenvalue weighted by molar-refractivity contribution is 0.369. The van der Waals surface area contributed by atoms with E-state index in [4.69, 9.17) is 0 Å². The quantitative estimate of drug-likeness (QED) is 0.753. The van der Waals surface area contributed by atoms with Crippen LogP contribution in [-0.4, -0.2) is 41.9 Å². The van der Waals surface area contributed by atoms with Crippen molar-refractivity contribution in [2.75, 3.05) is 27.2 Å². The van der Waals surface area contributed by atoms with Crippen molar-refractivity contribution in [1.82, 2.24) is 20.0 Å². The molecule has 1 aromatic heterocycles. The summed E-state index contributed by atoms with van der Waals surface area (Å²) in [6.45, 7) is 8.27. The Morgan fingerprint density at radius 2 is 2.12 bits per heavy atom. The van der Waals surface area contributed by atoms with Gasteiger partial charge in [-0.2, -0.15) is 5.10 Å². The average Bonchev–Trinajstić information content (AvgIpc) is 2.65. The first-order valence-electron chi connectivity index (χ1n) is 6.08. The molecule has 0 amide bonds. The van der Waals surface area contributed by atoms with E-state index in [9.17, 15) is 0 Å². The van der Waals surface area contributed by atoms with Gasteiger partial charge in [0.15, 0.2) is 0 Å². The summed E-state index contributed by atoms with van der Waals surface area (Å²) in [6, 6.07) is 0. The van der Waals surface area contributed by atoms with Gasteiger partial charge in [-0.3, -0.25) is 4.68 Å². The van der Waals surface area contributed by atoms with E-state index in [1.807, 2.05) is 6.20 Å². The summed E-state index contributed by atoms with van der Waals surface area (Å²) < 4.78 is 2.13. The number of hydrogen-bond acceptors (Lipinski definition) is 3. The molecule has 0 aliphatic carbocycles. The SMILES string of the molecule is CCNCc1cnn(CCN(C)C)c1CC. The summed E-state index contributed by atoms with van der Waals surface area (Å²) in [6.07, 6.45) is 3.05. The van der Waals surface area contributed by atoms with Crippen molar-refractivity contribution in [2.24, 2.45) is 0 Å². The lowest BCUT2D eigenvalue weighted by Gasteiger charge is -2.12. The fourth-order valence-corrected chi connectivity index (χ4v) is 1.75. The number of aromatic nitrogens is 2. The van der Waals surface area contributed by atoms with Gasteiger partial charge in [0.1, 0.15) is 0 Å². The van der Waals surface area contributed by atoms with E-state index < -0.39 is 0 Å². The fourth-order valence-electron chi connectivity index (χ4n) is 1.75. The van der Waals surface area contributed by atoms with E-state index in [-0.39, 0.29) is 0 Å². The van der Waals surface area contributed by atoms with Crippen LogP contribution in [0.25, 0.3) is 0 Å². The third kappa shape index (κ3) is 3.61. The normalized spacial score (nSPS) is 11.3. The molecule has 1 heterocycles. The van der Waals surface area contributed by atoms with Gasteiger partial charge in [0.2, 0.25) is 0 Å². The summed E-state index contributed by atoms with van der Waals surface area (Å²) in [5.41, 5.74) is 2.70. The van der Waals surface area contributed by atoms with Crippen LogP contribution in [0.5, 0.6) is 0 Å². The predicted octanol–water partition coefficient (Wildman–Crippen LogP) is 1.12. The van der Waals surface area contributed by atoms with Crippen molar-refractivity contribution in [2.45, 2.75) is 33.4 Å². The number of rotatable bonds is 7. The molecule has 0 saturated carbocycles. The lowest BCUT2D eigenvalue weighted by Crippen LogP contribution is -2.20. The first kappa shape index (κ1) is 13.2. The number of likely N-dealkylation sites (N-methyl/N-ethyl adjacent to an activating group) is 1. The zero-order chi connectivity index (χ0) is 12.0. The lowest BCUT2D eigenvalue weighted by atomic mass is 10.2. The van der Waals surface area contributed by atoms with E-state index in [0.29, 0.717) is 0 Å². The van der Waals surface area contributed by atoms with Crippen LogP contribution in [-0.2, 0) is 19.5 Å². The Hall–Kier alpha value is -0.870. The van der Waals surface area contributed by atoms with Crippen LogP contribution in [0.15, 0.2) is 6.20 Å². The number of nitrogens with one attached hydrogen (secondary N) is 1. The predicted molar refractivity (Wildman–Crippen MR) is 67.5 cm³/mol. The first-order chi connectivity index (χ1) is 7.69. The maximum Gasteiger partial charge on any atom is 0.0539 e. The molecule has 0 atom stereocenters. The minimum Gasteiger partial charge on any atom is -0.313 e. The van der Waals surface area contributed by atoms with E-state index >= 15 is 0 Å². The molecule has 1 N–H and O–H groups in total. The van der Waals surface area contributed by atoms with E-state index in [1.165, 1.54) is 11.3 Å². The van der Waals surface area contributed by atoms with Gasteiger partial charge < -0.3 is 10.2 Å². The van der Waals surface area contributed by atoms with E-state index in [0.717, 1.165) is 32.6 Å². The highest BCUT2D eigenvalue weighted by molar-refractivity contribution is 5.17. The molecular formula is C12H24N4. The molecule has 1 aromatic rings. The molecule has 0 aromatic carbocycles. The summed E-state index contributed by atoms with van der Waals surface area (Å²) in [4.78, 5) is 2.19. The van der Waals surface area contributed by atoms with Gasteiger partial charge in [0.05, 0.1) is 12.7 Å². The zero-order valence-electron chi connectivity index (χ0n) is 11.0. The Bertz CT molecular complexity index is 304. The average molecular weight is 224 g/mol. The van der Waals surface area contributed by atoms with Crippen LogP contribution in [0.2, 0.25) is 0 Å². The van der Waals surface area contributed by atoms with Crippen molar-refractivity contribution in [3.8, 4) is 0 Å². The first-order valence-corrected chi connectivity index (χ1v) is 6.08. The zero-order valence-corrected chi connectivity index (χ0v) is 11.0. The van der Waals surface area contributed by atoms with Gasteiger partial charge in [-0.15, -0.1) is 0 Å². The second-order valence-corrected chi connectivity index (χ2v) is 4.28. The molecule has 0 spiro atoms. The van der Waals surface area contributed by atoms with Crippen molar-refractivity contribution >= 4 is 0 Å². The molecule has 16 heavy (non-hydrogen) atoms. The molecule has 1 rings (SSSR count). The van der Waals surface area contributed by atoms with E-state index in [1.54, 1.807) is 0 Å². The van der Waals surface area contributed by atoms with E-state index in [2.05, 4.69) is 47.9 Å². The molecule has 0 saturated heterocycles. The Labute approximate surface area is 98.6 Å². The van der Waals surface area contributed by atoms with Gasteiger partial charge in [0.25, 0.3) is 0 Å². The topological polar surface area (TPSA) is 33.1 Å². The standard InChI is InChI=1S/C12H24N4/c1-5-12-11(9-13-6-2)10-14-16(12)8-7-15(3)4/h10,13H,5-9H2,1-4H3. The summed E-state index contributed by atoms with van der Waals surface area (Å²) >= 11 is 0. The Morgan fingerprint density at radius 1 is 1.38 bits per heavy atom. The minimum absolute atomic E-state index is 0.932. The molecule has 92 valence electrons. The molecule has 0 aliphatic heterocycles. The number of hydrogen-bond donors (Lipinski definition) is 1. The maximum atomic E-state index is 4.46. The molecule has 4 nitrogen and oxygen atoms in total. The molecule has 0 aliphatic rings.